The molecule has 1 aliphatic heterocycles. The highest BCUT2D eigenvalue weighted by molar-refractivity contribution is 5.79. The fourth-order valence-electron chi connectivity index (χ4n) is 3.62. The minimum absolute atomic E-state index is 0.0408. The summed E-state index contributed by atoms with van der Waals surface area (Å²) in [6, 6.07) is 10.9. The number of benzene rings is 2. The van der Waals surface area contributed by atoms with Gasteiger partial charge in [0.1, 0.15) is 11.9 Å². The molecule has 0 bridgehead atoms. The van der Waals surface area contributed by atoms with Gasteiger partial charge in [-0.3, -0.25) is 4.79 Å². The number of amides is 1. The van der Waals surface area contributed by atoms with E-state index in [1.54, 1.807) is 49.9 Å². The summed E-state index contributed by atoms with van der Waals surface area (Å²) in [4.78, 5) is 24.9. The van der Waals surface area contributed by atoms with E-state index >= 15 is 0 Å². The van der Waals surface area contributed by atoms with Crippen molar-refractivity contribution in [2.24, 2.45) is 5.92 Å². The van der Waals surface area contributed by atoms with Crippen LogP contribution in [0.3, 0.4) is 0 Å². The fraction of sp³-hybridized carbons (Fsp3) is 0.440. The highest BCUT2D eigenvalue weighted by Crippen LogP contribution is 2.37. The van der Waals surface area contributed by atoms with Gasteiger partial charge in [0, 0.05) is 18.7 Å². The molecule has 184 valence electrons. The Bertz CT molecular complexity index is 1010. The number of alkyl halides is 3. The SMILES string of the molecule is CC(C)(C)OC(=O)N1CCC(COc2cc(-c3cccc(C=O)c3)ccc2OC(F)(F)F)CC1. The Labute approximate surface area is 196 Å². The lowest BCUT2D eigenvalue weighted by molar-refractivity contribution is -0.275. The largest absolute Gasteiger partial charge is 0.573 e. The minimum Gasteiger partial charge on any atom is -0.489 e. The van der Waals surface area contributed by atoms with Crippen molar-refractivity contribution < 1.29 is 37.0 Å². The first-order valence-corrected chi connectivity index (χ1v) is 11.0. The number of carbonyl (C=O) groups excluding carboxylic acids is 2. The molecule has 1 saturated heterocycles. The van der Waals surface area contributed by atoms with Crippen molar-refractivity contribution in [2.75, 3.05) is 19.7 Å². The Morgan fingerprint density at radius 1 is 1.03 bits per heavy atom. The Hall–Kier alpha value is -3.23. The lowest BCUT2D eigenvalue weighted by atomic mass is 9.98. The van der Waals surface area contributed by atoms with Crippen molar-refractivity contribution in [1.82, 2.24) is 4.90 Å². The molecule has 3 rings (SSSR count). The summed E-state index contributed by atoms with van der Waals surface area (Å²) >= 11 is 0. The number of hydrogen-bond donors (Lipinski definition) is 0. The van der Waals surface area contributed by atoms with Gasteiger partial charge in [-0.2, -0.15) is 0 Å². The van der Waals surface area contributed by atoms with Crippen molar-refractivity contribution in [2.45, 2.75) is 45.6 Å². The summed E-state index contributed by atoms with van der Waals surface area (Å²) in [5, 5.41) is 0. The third kappa shape index (κ3) is 7.40. The zero-order valence-corrected chi connectivity index (χ0v) is 19.4. The van der Waals surface area contributed by atoms with Gasteiger partial charge in [-0.15, -0.1) is 13.2 Å². The molecule has 9 heteroatoms. The summed E-state index contributed by atoms with van der Waals surface area (Å²) in [6.07, 6.45) is -3.27. The lowest BCUT2D eigenvalue weighted by Gasteiger charge is -2.33. The van der Waals surface area contributed by atoms with Crippen LogP contribution in [0, 0.1) is 5.92 Å². The Kier molecular flexibility index (Phi) is 7.74. The fourth-order valence-corrected chi connectivity index (χ4v) is 3.62. The lowest BCUT2D eigenvalue weighted by Crippen LogP contribution is -2.42. The van der Waals surface area contributed by atoms with E-state index < -0.39 is 17.7 Å². The van der Waals surface area contributed by atoms with E-state index in [-0.39, 0.29) is 24.4 Å². The number of ether oxygens (including phenoxy) is 3. The zero-order valence-electron chi connectivity index (χ0n) is 19.4. The molecule has 1 fully saturated rings. The molecule has 2 aromatic rings. The molecule has 0 radical (unpaired) electrons. The molecular weight excluding hydrogens is 451 g/mol. The molecule has 1 aliphatic rings. The molecular formula is C25H28F3NO5. The summed E-state index contributed by atoms with van der Waals surface area (Å²) < 4.78 is 54.1. The predicted octanol–water partition coefficient (Wildman–Crippen LogP) is 6.09. The van der Waals surface area contributed by atoms with Crippen LogP contribution >= 0.6 is 0 Å². The Morgan fingerprint density at radius 2 is 1.71 bits per heavy atom. The number of likely N-dealkylation sites (tertiary alicyclic amines) is 1. The molecule has 0 aromatic heterocycles. The van der Waals surface area contributed by atoms with Crippen molar-refractivity contribution in [3.05, 3.63) is 48.0 Å². The topological polar surface area (TPSA) is 65.1 Å². The van der Waals surface area contributed by atoms with Gasteiger partial charge in [0.2, 0.25) is 0 Å². The average Bonchev–Trinajstić information content (AvgIpc) is 2.76. The van der Waals surface area contributed by atoms with Crippen LogP contribution in [0.4, 0.5) is 18.0 Å². The van der Waals surface area contributed by atoms with E-state index in [9.17, 15) is 22.8 Å². The van der Waals surface area contributed by atoms with Gasteiger partial charge < -0.3 is 19.1 Å². The first kappa shape index (κ1) is 25.4. The third-order valence-corrected chi connectivity index (χ3v) is 5.27. The normalized spacial score (nSPS) is 15.1. The van der Waals surface area contributed by atoms with Gasteiger partial charge in [-0.05, 0) is 68.9 Å². The van der Waals surface area contributed by atoms with Crippen LogP contribution in [0.1, 0.15) is 44.0 Å². The number of halogens is 3. The average molecular weight is 479 g/mol. The van der Waals surface area contributed by atoms with E-state index in [0.717, 1.165) is 0 Å². The molecule has 0 saturated carbocycles. The second-order valence-electron chi connectivity index (χ2n) is 9.17. The van der Waals surface area contributed by atoms with E-state index in [1.807, 2.05) is 0 Å². The smallest absolute Gasteiger partial charge is 0.489 e. The molecule has 6 nitrogen and oxygen atoms in total. The van der Waals surface area contributed by atoms with Crippen molar-refractivity contribution in [3.63, 3.8) is 0 Å². The van der Waals surface area contributed by atoms with Crippen LogP contribution in [0.5, 0.6) is 11.5 Å². The number of aldehydes is 1. The summed E-state index contributed by atoms with van der Waals surface area (Å²) in [5.74, 6) is -0.422. The molecule has 34 heavy (non-hydrogen) atoms. The molecule has 0 spiro atoms. The van der Waals surface area contributed by atoms with Crippen molar-refractivity contribution in [1.29, 1.82) is 0 Å². The van der Waals surface area contributed by atoms with Gasteiger partial charge in [0.25, 0.3) is 0 Å². The maximum atomic E-state index is 12.9. The molecule has 0 aliphatic carbocycles. The minimum atomic E-state index is -4.87. The van der Waals surface area contributed by atoms with E-state index in [2.05, 4.69) is 4.74 Å². The first-order chi connectivity index (χ1) is 15.9. The molecule has 1 amide bonds. The van der Waals surface area contributed by atoms with Crippen LogP contribution in [0.15, 0.2) is 42.5 Å². The molecule has 0 unspecified atom stereocenters. The number of piperidine rings is 1. The van der Waals surface area contributed by atoms with Crippen LogP contribution in [0.25, 0.3) is 11.1 Å². The van der Waals surface area contributed by atoms with Gasteiger partial charge >= 0.3 is 12.5 Å². The molecule has 0 atom stereocenters. The first-order valence-electron chi connectivity index (χ1n) is 11.0. The van der Waals surface area contributed by atoms with E-state index in [1.165, 1.54) is 18.2 Å². The number of carbonyl (C=O) groups is 2. The Balaban J connectivity index is 1.70. The highest BCUT2D eigenvalue weighted by atomic mass is 19.4. The standard InChI is InChI=1S/C25H28F3NO5/c1-24(2,3)34-23(31)29-11-9-17(10-12-29)16-32-22-14-20(7-8-21(22)33-25(26,27)28)19-6-4-5-18(13-19)15-30/h4-8,13-15,17H,9-12,16H2,1-3H3. The highest BCUT2D eigenvalue weighted by Gasteiger charge is 2.33. The van der Waals surface area contributed by atoms with E-state index in [0.29, 0.717) is 48.9 Å². The quantitative estimate of drug-likeness (QED) is 0.469. The van der Waals surface area contributed by atoms with Crippen LogP contribution in [-0.2, 0) is 4.74 Å². The van der Waals surface area contributed by atoms with Gasteiger partial charge in [-0.25, -0.2) is 4.79 Å². The monoisotopic (exact) mass is 479 g/mol. The van der Waals surface area contributed by atoms with E-state index in [4.69, 9.17) is 9.47 Å². The maximum Gasteiger partial charge on any atom is 0.573 e. The molecule has 2 aromatic carbocycles. The maximum absolute atomic E-state index is 12.9. The summed E-state index contributed by atoms with van der Waals surface area (Å²) in [6.45, 7) is 6.54. The number of rotatable bonds is 6. The number of nitrogens with zero attached hydrogens (tertiary/aromatic N) is 1. The van der Waals surface area contributed by atoms with Crippen LogP contribution in [0.2, 0.25) is 0 Å². The zero-order chi connectivity index (χ0) is 24.9. The predicted molar refractivity (Wildman–Crippen MR) is 120 cm³/mol. The third-order valence-electron chi connectivity index (χ3n) is 5.27. The van der Waals surface area contributed by atoms with Crippen molar-refractivity contribution >= 4 is 12.4 Å². The summed E-state index contributed by atoms with van der Waals surface area (Å²) in [7, 11) is 0. The summed E-state index contributed by atoms with van der Waals surface area (Å²) in [5.41, 5.74) is 1.13. The number of hydrogen-bond acceptors (Lipinski definition) is 5. The second kappa shape index (κ2) is 10.4. The van der Waals surface area contributed by atoms with Crippen LogP contribution < -0.4 is 9.47 Å². The van der Waals surface area contributed by atoms with Gasteiger partial charge in [-0.1, -0.05) is 24.3 Å². The Morgan fingerprint density at radius 3 is 2.32 bits per heavy atom. The van der Waals surface area contributed by atoms with Crippen molar-refractivity contribution in [3.8, 4) is 22.6 Å². The molecule has 0 N–H and O–H groups in total. The van der Waals surface area contributed by atoms with Crippen LogP contribution in [-0.4, -0.2) is 48.9 Å². The molecule has 1 heterocycles. The second-order valence-corrected chi connectivity index (χ2v) is 9.17. The van der Waals surface area contributed by atoms with Gasteiger partial charge in [0.15, 0.2) is 11.5 Å². The van der Waals surface area contributed by atoms with Gasteiger partial charge in [0.05, 0.1) is 6.61 Å².